The number of hydrogen-bond donors (Lipinski definition) is 0. The van der Waals surface area contributed by atoms with Crippen molar-refractivity contribution in [2.24, 2.45) is 0 Å². The maximum absolute atomic E-state index is 6.52. The Bertz CT molecular complexity index is 2450. The molecule has 0 saturated carbocycles. The lowest BCUT2D eigenvalue weighted by Gasteiger charge is -2.11. The molecule has 0 atom stereocenters. The summed E-state index contributed by atoms with van der Waals surface area (Å²) in [6.07, 6.45) is 0. The average Bonchev–Trinajstić information content (AvgIpc) is 3.71. The van der Waals surface area contributed by atoms with Gasteiger partial charge in [-0.1, -0.05) is 109 Å². The van der Waals surface area contributed by atoms with E-state index in [1.165, 1.54) is 58.9 Å². The minimum atomic E-state index is 0.853. The van der Waals surface area contributed by atoms with Crippen molar-refractivity contribution >= 4 is 64.5 Å². The Balaban J connectivity index is 1.20. The largest absolute Gasteiger partial charge is 0.454 e. The molecule has 1 aliphatic carbocycles. The van der Waals surface area contributed by atoms with Crippen molar-refractivity contribution in [3.8, 4) is 44.5 Å². The number of nitrogens with zero attached hydrogens (tertiary/aromatic N) is 1. The first-order valence-electron chi connectivity index (χ1n) is 14.2. The number of furan rings is 1. The third kappa shape index (κ3) is 2.90. The second-order valence-corrected chi connectivity index (χ2v) is 12.1. The summed E-state index contributed by atoms with van der Waals surface area (Å²) in [4.78, 5) is 5.20. The molecule has 194 valence electrons. The number of fused-ring (bicyclic) bond motifs is 9. The SMILES string of the molecule is c1ccc2c(c1)-c1cccc3c(-c4ccc(-c5c6oc7ccccc7c6nc6c5sc5ccccc56)cc4)ccc-2c13. The molecular formula is C39H21NOS. The molecule has 3 aromatic heterocycles. The summed E-state index contributed by atoms with van der Waals surface area (Å²) in [5.74, 6) is 0. The lowest BCUT2D eigenvalue weighted by Crippen LogP contribution is -1.86. The van der Waals surface area contributed by atoms with Crippen LogP contribution in [0.1, 0.15) is 0 Å². The molecule has 0 N–H and O–H groups in total. The van der Waals surface area contributed by atoms with Crippen LogP contribution in [-0.4, -0.2) is 4.98 Å². The smallest absolute Gasteiger partial charge is 0.163 e. The number of aromatic nitrogens is 1. The van der Waals surface area contributed by atoms with Crippen LogP contribution in [0.2, 0.25) is 0 Å². The maximum Gasteiger partial charge on any atom is 0.163 e. The normalized spacial score (nSPS) is 12.3. The number of thiophene rings is 1. The Labute approximate surface area is 245 Å². The van der Waals surface area contributed by atoms with Crippen LogP contribution >= 0.6 is 11.3 Å². The van der Waals surface area contributed by atoms with E-state index < -0.39 is 0 Å². The summed E-state index contributed by atoms with van der Waals surface area (Å²) in [7, 11) is 0. The predicted molar refractivity (Wildman–Crippen MR) is 177 cm³/mol. The quantitative estimate of drug-likeness (QED) is 0.214. The van der Waals surface area contributed by atoms with E-state index in [0.717, 1.165) is 38.7 Å². The van der Waals surface area contributed by atoms with Crippen molar-refractivity contribution in [2.45, 2.75) is 0 Å². The van der Waals surface area contributed by atoms with Crippen LogP contribution in [0.5, 0.6) is 0 Å². The van der Waals surface area contributed by atoms with Crippen LogP contribution in [0, 0.1) is 0 Å². The highest BCUT2D eigenvalue weighted by molar-refractivity contribution is 7.26. The van der Waals surface area contributed by atoms with Crippen LogP contribution in [-0.2, 0) is 0 Å². The van der Waals surface area contributed by atoms with E-state index >= 15 is 0 Å². The van der Waals surface area contributed by atoms with Gasteiger partial charge in [0, 0.05) is 21.0 Å². The lowest BCUT2D eigenvalue weighted by atomic mass is 9.93. The molecule has 0 bridgehead atoms. The third-order valence-electron chi connectivity index (χ3n) is 8.85. The summed E-state index contributed by atoms with van der Waals surface area (Å²) in [6, 6.07) is 45.8. The second-order valence-electron chi connectivity index (χ2n) is 11.1. The molecule has 0 unspecified atom stereocenters. The van der Waals surface area contributed by atoms with E-state index in [0.29, 0.717) is 0 Å². The molecule has 0 fully saturated rings. The van der Waals surface area contributed by atoms with Gasteiger partial charge in [0.1, 0.15) is 11.1 Å². The molecular weight excluding hydrogens is 531 g/mol. The van der Waals surface area contributed by atoms with Crippen molar-refractivity contribution < 1.29 is 4.42 Å². The van der Waals surface area contributed by atoms with Crippen molar-refractivity contribution in [1.29, 1.82) is 0 Å². The van der Waals surface area contributed by atoms with Crippen LogP contribution < -0.4 is 0 Å². The van der Waals surface area contributed by atoms with Crippen molar-refractivity contribution in [1.82, 2.24) is 4.98 Å². The van der Waals surface area contributed by atoms with E-state index in [-0.39, 0.29) is 0 Å². The summed E-state index contributed by atoms with van der Waals surface area (Å²) < 4.78 is 8.93. The van der Waals surface area contributed by atoms with E-state index in [2.05, 4.69) is 115 Å². The molecule has 0 radical (unpaired) electrons. The maximum atomic E-state index is 6.52. The Kier molecular flexibility index (Phi) is 4.36. The van der Waals surface area contributed by atoms with Gasteiger partial charge in [-0.15, -0.1) is 11.3 Å². The van der Waals surface area contributed by atoms with Gasteiger partial charge in [-0.3, -0.25) is 0 Å². The summed E-state index contributed by atoms with van der Waals surface area (Å²) >= 11 is 1.79. The lowest BCUT2D eigenvalue weighted by molar-refractivity contribution is 0.670. The van der Waals surface area contributed by atoms with Crippen molar-refractivity contribution in [3.05, 3.63) is 127 Å². The molecule has 0 amide bonds. The zero-order valence-electron chi connectivity index (χ0n) is 22.4. The molecule has 2 nitrogen and oxygen atoms in total. The van der Waals surface area contributed by atoms with E-state index in [1.54, 1.807) is 11.3 Å². The predicted octanol–water partition coefficient (Wildman–Crippen LogP) is 11.5. The van der Waals surface area contributed by atoms with Gasteiger partial charge >= 0.3 is 0 Å². The molecule has 6 aromatic carbocycles. The minimum absolute atomic E-state index is 0.853. The van der Waals surface area contributed by atoms with E-state index in [4.69, 9.17) is 9.40 Å². The fourth-order valence-corrected chi connectivity index (χ4v) is 8.18. The highest BCUT2D eigenvalue weighted by Crippen LogP contribution is 2.50. The van der Waals surface area contributed by atoms with Crippen molar-refractivity contribution in [3.63, 3.8) is 0 Å². The fraction of sp³-hybridized carbons (Fsp3) is 0. The molecule has 9 aromatic rings. The summed E-state index contributed by atoms with van der Waals surface area (Å²) in [5, 5.41) is 4.89. The Morgan fingerprint density at radius 2 is 1.12 bits per heavy atom. The summed E-state index contributed by atoms with van der Waals surface area (Å²) in [5.41, 5.74) is 13.7. The zero-order chi connectivity index (χ0) is 27.4. The molecule has 3 heterocycles. The van der Waals surface area contributed by atoms with Crippen LogP contribution in [0.15, 0.2) is 132 Å². The first-order valence-corrected chi connectivity index (χ1v) is 15.0. The number of benzene rings is 6. The molecule has 1 aliphatic rings. The van der Waals surface area contributed by atoms with Gasteiger partial charge in [-0.25, -0.2) is 4.98 Å². The highest BCUT2D eigenvalue weighted by Gasteiger charge is 2.23. The van der Waals surface area contributed by atoms with Crippen LogP contribution in [0.3, 0.4) is 0 Å². The number of rotatable bonds is 2. The first kappa shape index (κ1) is 22.4. The minimum Gasteiger partial charge on any atom is -0.454 e. The van der Waals surface area contributed by atoms with Gasteiger partial charge < -0.3 is 4.42 Å². The Hall–Kier alpha value is -5.25. The molecule has 0 aliphatic heterocycles. The molecule has 0 spiro atoms. The van der Waals surface area contributed by atoms with Crippen LogP contribution in [0.4, 0.5) is 0 Å². The van der Waals surface area contributed by atoms with Gasteiger partial charge in [-0.05, 0) is 67.9 Å². The first-order chi connectivity index (χ1) is 20.8. The molecule has 10 rings (SSSR count). The molecule has 0 saturated heterocycles. The standard InChI is InChI=1S/C39H21NOS/c1-2-9-26-25(8-1)28-13-7-12-27-24(20-21-29(26)35(27)28)22-16-18-23(19-17-22)34-38-36(30-10-3-5-14-32(30)41-38)40-37-31-11-4-6-15-33(31)42-39(34)37/h1-21H. The monoisotopic (exact) mass is 551 g/mol. The van der Waals surface area contributed by atoms with Crippen molar-refractivity contribution in [2.75, 3.05) is 0 Å². The fourth-order valence-electron chi connectivity index (χ4n) is 6.98. The summed E-state index contributed by atoms with van der Waals surface area (Å²) in [6.45, 7) is 0. The van der Waals surface area contributed by atoms with Gasteiger partial charge in [0.2, 0.25) is 0 Å². The molecule has 3 heteroatoms. The number of hydrogen-bond acceptors (Lipinski definition) is 3. The van der Waals surface area contributed by atoms with E-state index in [9.17, 15) is 0 Å². The topological polar surface area (TPSA) is 26.0 Å². The highest BCUT2D eigenvalue weighted by atomic mass is 32.1. The zero-order valence-corrected chi connectivity index (χ0v) is 23.2. The van der Waals surface area contributed by atoms with Crippen LogP contribution in [0.25, 0.3) is 97.7 Å². The van der Waals surface area contributed by atoms with E-state index in [1.807, 2.05) is 12.1 Å². The number of para-hydroxylation sites is 1. The van der Waals surface area contributed by atoms with Gasteiger partial charge in [0.25, 0.3) is 0 Å². The average molecular weight is 552 g/mol. The third-order valence-corrected chi connectivity index (χ3v) is 10.0. The molecule has 42 heavy (non-hydrogen) atoms. The Morgan fingerprint density at radius 3 is 1.98 bits per heavy atom. The second kappa shape index (κ2) is 8.16. The number of pyridine rings is 1. The van der Waals surface area contributed by atoms with Gasteiger partial charge in [0.15, 0.2) is 5.58 Å². The van der Waals surface area contributed by atoms with Gasteiger partial charge in [-0.2, -0.15) is 0 Å². The van der Waals surface area contributed by atoms with Gasteiger partial charge in [0.05, 0.1) is 10.2 Å². The Morgan fingerprint density at radius 1 is 0.476 bits per heavy atom.